The van der Waals surface area contributed by atoms with Crippen molar-refractivity contribution in [3.05, 3.63) is 0 Å². The summed E-state index contributed by atoms with van der Waals surface area (Å²) in [6.07, 6.45) is 3.86. The molecule has 0 aliphatic carbocycles. The van der Waals surface area contributed by atoms with Crippen LogP contribution >= 0.6 is 0 Å². The second-order valence-corrected chi connectivity index (χ2v) is 4.40. The van der Waals surface area contributed by atoms with Crippen LogP contribution in [0.15, 0.2) is 0 Å². The van der Waals surface area contributed by atoms with Crippen LogP contribution in [-0.2, 0) is 0 Å². The maximum Gasteiger partial charge on any atom is 0.0107 e. The first-order valence-corrected chi connectivity index (χ1v) is 6.20. The van der Waals surface area contributed by atoms with Crippen LogP contribution in [0.3, 0.4) is 0 Å². The minimum absolute atomic E-state index is 0.735. The Morgan fingerprint density at radius 1 is 1.07 bits per heavy atom. The van der Waals surface area contributed by atoms with Gasteiger partial charge in [0.25, 0.3) is 0 Å². The number of piperidine rings is 1. The van der Waals surface area contributed by atoms with E-state index in [0.717, 1.165) is 38.6 Å². The zero-order valence-corrected chi connectivity index (χ0v) is 9.75. The molecule has 5 N–H and O–H groups in total. The van der Waals surface area contributed by atoms with Crippen LogP contribution in [0, 0.1) is 5.92 Å². The monoisotopic (exact) mass is 214 g/mol. The Kier molecular flexibility index (Phi) is 6.92. The second-order valence-electron chi connectivity index (χ2n) is 4.40. The molecule has 15 heavy (non-hydrogen) atoms. The van der Waals surface area contributed by atoms with Gasteiger partial charge < -0.3 is 21.7 Å². The highest BCUT2D eigenvalue weighted by Gasteiger charge is 2.17. The van der Waals surface area contributed by atoms with Crippen LogP contribution in [0.1, 0.15) is 19.3 Å². The van der Waals surface area contributed by atoms with Gasteiger partial charge in [0.1, 0.15) is 0 Å². The average molecular weight is 214 g/mol. The molecule has 0 amide bonds. The highest BCUT2D eigenvalue weighted by atomic mass is 15.1. The molecule has 0 aromatic rings. The second kappa shape index (κ2) is 8.05. The first-order valence-electron chi connectivity index (χ1n) is 6.20. The van der Waals surface area contributed by atoms with Gasteiger partial charge in [-0.1, -0.05) is 0 Å². The van der Waals surface area contributed by atoms with E-state index in [-0.39, 0.29) is 0 Å². The van der Waals surface area contributed by atoms with E-state index >= 15 is 0 Å². The van der Waals surface area contributed by atoms with Gasteiger partial charge in [-0.05, 0) is 44.8 Å². The van der Waals surface area contributed by atoms with Gasteiger partial charge in [-0.2, -0.15) is 0 Å². The molecule has 0 spiro atoms. The van der Waals surface area contributed by atoms with Crippen molar-refractivity contribution in [1.29, 1.82) is 0 Å². The Morgan fingerprint density at radius 3 is 2.40 bits per heavy atom. The van der Waals surface area contributed by atoms with Crippen molar-refractivity contribution in [3.63, 3.8) is 0 Å². The minimum Gasteiger partial charge on any atom is -0.330 e. The third kappa shape index (κ3) is 5.47. The highest BCUT2D eigenvalue weighted by molar-refractivity contribution is 4.72. The summed E-state index contributed by atoms with van der Waals surface area (Å²) in [4.78, 5) is 2.54. The van der Waals surface area contributed by atoms with Gasteiger partial charge >= 0.3 is 0 Å². The quantitative estimate of drug-likeness (QED) is 0.504. The topological polar surface area (TPSA) is 67.3 Å². The van der Waals surface area contributed by atoms with Gasteiger partial charge in [0.05, 0.1) is 0 Å². The van der Waals surface area contributed by atoms with Crippen molar-refractivity contribution in [2.24, 2.45) is 17.4 Å². The summed E-state index contributed by atoms with van der Waals surface area (Å²) < 4.78 is 0. The van der Waals surface area contributed by atoms with Crippen LogP contribution in [0.2, 0.25) is 0 Å². The number of hydrogen-bond donors (Lipinski definition) is 3. The lowest BCUT2D eigenvalue weighted by atomic mass is 9.94. The summed E-state index contributed by atoms with van der Waals surface area (Å²) >= 11 is 0. The van der Waals surface area contributed by atoms with Crippen LogP contribution in [-0.4, -0.2) is 50.7 Å². The fourth-order valence-electron chi connectivity index (χ4n) is 2.20. The number of likely N-dealkylation sites (tertiary alicyclic amines) is 1. The minimum atomic E-state index is 0.735. The van der Waals surface area contributed by atoms with E-state index in [4.69, 9.17) is 11.5 Å². The van der Waals surface area contributed by atoms with Crippen molar-refractivity contribution in [1.82, 2.24) is 10.2 Å². The number of nitrogens with two attached hydrogens (primary N) is 2. The molecule has 90 valence electrons. The molecule has 1 fully saturated rings. The predicted molar refractivity (Wildman–Crippen MR) is 64.8 cm³/mol. The SMILES string of the molecule is NCCNCCN1CCC(CCN)CC1. The Hall–Kier alpha value is -0.160. The fraction of sp³-hybridized carbons (Fsp3) is 1.00. The highest BCUT2D eigenvalue weighted by Crippen LogP contribution is 2.19. The molecule has 1 aliphatic rings. The molecule has 0 unspecified atom stereocenters. The van der Waals surface area contributed by atoms with Crippen LogP contribution in [0.4, 0.5) is 0 Å². The lowest BCUT2D eigenvalue weighted by molar-refractivity contribution is 0.181. The van der Waals surface area contributed by atoms with Crippen LogP contribution in [0.25, 0.3) is 0 Å². The molecular weight excluding hydrogens is 188 g/mol. The van der Waals surface area contributed by atoms with Gasteiger partial charge in [-0.15, -0.1) is 0 Å². The zero-order valence-electron chi connectivity index (χ0n) is 9.75. The fourth-order valence-corrected chi connectivity index (χ4v) is 2.20. The van der Waals surface area contributed by atoms with E-state index in [0.29, 0.717) is 0 Å². The Labute approximate surface area is 93.4 Å². The maximum atomic E-state index is 5.57. The van der Waals surface area contributed by atoms with Crippen molar-refractivity contribution >= 4 is 0 Å². The first-order chi connectivity index (χ1) is 7.36. The van der Waals surface area contributed by atoms with E-state index in [1.165, 1.54) is 32.4 Å². The molecule has 4 heteroatoms. The molecular formula is C11H26N4. The standard InChI is InChI=1S/C11H26N4/c12-4-1-11-2-8-15(9-3-11)10-7-14-6-5-13/h11,14H,1-10,12-13H2. The number of rotatable bonds is 7. The molecule has 1 rings (SSSR count). The van der Waals surface area contributed by atoms with Gasteiger partial charge in [-0.25, -0.2) is 0 Å². The number of nitrogens with zero attached hydrogens (tertiary/aromatic N) is 1. The third-order valence-electron chi connectivity index (χ3n) is 3.21. The number of hydrogen-bond acceptors (Lipinski definition) is 4. The Balaban J connectivity index is 1.99. The van der Waals surface area contributed by atoms with Crippen molar-refractivity contribution in [2.75, 3.05) is 45.8 Å². The van der Waals surface area contributed by atoms with E-state index in [1.54, 1.807) is 0 Å². The largest absolute Gasteiger partial charge is 0.330 e. The lowest BCUT2D eigenvalue weighted by Crippen LogP contribution is -2.39. The van der Waals surface area contributed by atoms with Gasteiger partial charge in [-0.3, -0.25) is 0 Å². The Bertz CT molecular complexity index is 141. The summed E-state index contributed by atoms with van der Waals surface area (Å²) in [5, 5.41) is 3.33. The molecule has 1 saturated heterocycles. The van der Waals surface area contributed by atoms with Crippen molar-refractivity contribution < 1.29 is 0 Å². The predicted octanol–water partition coefficient (Wildman–Crippen LogP) is -0.404. The molecule has 0 aromatic heterocycles. The zero-order chi connectivity index (χ0) is 10.9. The molecule has 0 atom stereocenters. The first kappa shape index (κ1) is 12.9. The van der Waals surface area contributed by atoms with Gasteiger partial charge in [0.15, 0.2) is 0 Å². The van der Waals surface area contributed by atoms with Crippen LogP contribution in [0.5, 0.6) is 0 Å². The van der Waals surface area contributed by atoms with E-state index in [1.807, 2.05) is 0 Å². The van der Waals surface area contributed by atoms with Crippen molar-refractivity contribution in [2.45, 2.75) is 19.3 Å². The van der Waals surface area contributed by atoms with E-state index in [9.17, 15) is 0 Å². The van der Waals surface area contributed by atoms with Gasteiger partial charge in [0.2, 0.25) is 0 Å². The number of nitrogens with one attached hydrogen (secondary N) is 1. The summed E-state index contributed by atoms with van der Waals surface area (Å²) in [7, 11) is 0. The Morgan fingerprint density at radius 2 is 1.80 bits per heavy atom. The third-order valence-corrected chi connectivity index (χ3v) is 3.21. The maximum absolute atomic E-state index is 5.57. The lowest BCUT2D eigenvalue weighted by Gasteiger charge is -2.31. The summed E-state index contributed by atoms with van der Waals surface area (Å²) in [6, 6.07) is 0. The summed E-state index contributed by atoms with van der Waals surface area (Å²) in [6.45, 7) is 7.24. The average Bonchev–Trinajstić information content (AvgIpc) is 2.27. The molecule has 0 saturated carbocycles. The van der Waals surface area contributed by atoms with E-state index < -0.39 is 0 Å². The molecule has 0 bridgehead atoms. The van der Waals surface area contributed by atoms with Gasteiger partial charge in [0, 0.05) is 26.2 Å². The smallest absolute Gasteiger partial charge is 0.0107 e. The molecule has 0 aromatic carbocycles. The van der Waals surface area contributed by atoms with E-state index in [2.05, 4.69) is 10.2 Å². The molecule has 1 heterocycles. The normalized spacial score (nSPS) is 19.6. The van der Waals surface area contributed by atoms with Crippen LogP contribution < -0.4 is 16.8 Å². The van der Waals surface area contributed by atoms with Crippen molar-refractivity contribution in [3.8, 4) is 0 Å². The molecule has 1 aliphatic heterocycles. The summed E-state index contributed by atoms with van der Waals surface area (Å²) in [5.74, 6) is 0.878. The molecule has 4 nitrogen and oxygen atoms in total. The summed E-state index contributed by atoms with van der Waals surface area (Å²) in [5.41, 5.74) is 11.0. The molecule has 0 radical (unpaired) electrons.